The van der Waals surface area contributed by atoms with Crippen molar-refractivity contribution in [3.63, 3.8) is 0 Å². The minimum atomic E-state index is -4.20. The van der Waals surface area contributed by atoms with E-state index >= 15 is 0 Å². The predicted octanol–water partition coefficient (Wildman–Crippen LogP) is 4.07. The maximum atomic E-state index is 14.1. The zero-order valence-corrected chi connectivity index (χ0v) is 29.8. The summed E-state index contributed by atoms with van der Waals surface area (Å²) in [6, 6.07) is 12.6. The van der Waals surface area contributed by atoms with Gasteiger partial charge in [0.2, 0.25) is 21.8 Å². The Balaban J connectivity index is 2.29. The number of hydrogen-bond donors (Lipinski definition) is 3. The minimum Gasteiger partial charge on any atom is -0.342 e. The van der Waals surface area contributed by atoms with Gasteiger partial charge in [0, 0.05) is 30.2 Å². The number of likely N-dealkylation sites (N-methyl/N-ethyl adjacent to an activating group) is 2. The Kier molecular flexibility index (Phi) is 13.0. The molecule has 2 aromatic carbocycles. The van der Waals surface area contributed by atoms with Crippen LogP contribution in [0.4, 0.5) is 5.69 Å². The fourth-order valence-corrected chi connectivity index (χ4v) is 6.53. The first-order valence-corrected chi connectivity index (χ1v) is 17.0. The van der Waals surface area contributed by atoms with E-state index in [2.05, 4.69) is 10.6 Å². The van der Waals surface area contributed by atoms with Crippen molar-refractivity contribution in [3.8, 4) is 0 Å². The van der Waals surface area contributed by atoms with Crippen LogP contribution in [-0.4, -0.2) is 68.2 Å². The molecule has 0 saturated heterocycles. The van der Waals surface area contributed by atoms with E-state index in [0.29, 0.717) is 0 Å². The van der Waals surface area contributed by atoms with Gasteiger partial charge in [-0.15, -0.1) is 0 Å². The number of sulfonamides is 1. The molecule has 0 aromatic heterocycles. The summed E-state index contributed by atoms with van der Waals surface area (Å²) < 4.78 is 27.5. The number of carbonyl (C=O) groups excluding carboxylic acids is 3. The normalized spacial score (nSPS) is 14.6. The molecule has 3 atom stereocenters. The van der Waals surface area contributed by atoms with Crippen molar-refractivity contribution in [2.24, 2.45) is 11.3 Å². The van der Waals surface area contributed by atoms with Crippen LogP contribution in [0.15, 0.2) is 66.2 Å². The fourth-order valence-electron chi connectivity index (χ4n) is 5.40. The molecule has 0 aliphatic carbocycles. The monoisotopic (exact) mass is 671 g/mol. The van der Waals surface area contributed by atoms with Gasteiger partial charge in [-0.3, -0.25) is 24.5 Å². The van der Waals surface area contributed by atoms with E-state index < -0.39 is 55.6 Å². The molecule has 3 amide bonds. The molecule has 3 N–H and O–H groups in total. The number of carbonyl (C=O) groups is 3. The highest BCUT2D eigenvalue weighted by Crippen LogP contribution is 2.29. The number of nitrogens with zero attached hydrogens (tertiary/aromatic N) is 2. The van der Waals surface area contributed by atoms with Gasteiger partial charge in [-0.1, -0.05) is 97.0 Å². The van der Waals surface area contributed by atoms with Crippen LogP contribution in [0.5, 0.6) is 0 Å². The van der Waals surface area contributed by atoms with Crippen molar-refractivity contribution in [1.29, 1.82) is 0 Å². The van der Waals surface area contributed by atoms with Gasteiger partial charge in [0.25, 0.3) is 11.6 Å². The van der Waals surface area contributed by atoms with E-state index in [1.54, 1.807) is 14.1 Å². The van der Waals surface area contributed by atoms with Crippen molar-refractivity contribution >= 4 is 33.4 Å². The maximum Gasteiger partial charge on any atom is 0.269 e. The molecule has 3 unspecified atom stereocenters. The fraction of sp³-hybridized carbons (Fsp3) is 0.500. The molecule has 0 bridgehead atoms. The van der Waals surface area contributed by atoms with Crippen LogP contribution in [0.3, 0.4) is 0 Å². The first-order valence-electron chi connectivity index (χ1n) is 15.4. The number of benzene rings is 2. The van der Waals surface area contributed by atoms with Gasteiger partial charge in [-0.2, -0.15) is 0 Å². The molecule has 2 aromatic rings. The van der Waals surface area contributed by atoms with Crippen molar-refractivity contribution < 1.29 is 27.7 Å². The Morgan fingerprint density at radius 3 is 2.09 bits per heavy atom. The van der Waals surface area contributed by atoms with Crippen molar-refractivity contribution in [2.45, 2.75) is 84.7 Å². The Morgan fingerprint density at radius 2 is 1.57 bits per heavy atom. The SMILES string of the molecule is CNC(C(=O)NC(C(=O)N(C)C(C=C(C)C(=O)NS(=O)(=O)Cc1cccc([N+](=O)[O-])c1)C(C)C)C(C)(C)C)C(C)(C)c1ccccc1. The largest absolute Gasteiger partial charge is 0.342 e. The average Bonchev–Trinajstić information content (AvgIpc) is 2.97. The van der Waals surface area contributed by atoms with Crippen LogP contribution in [0.25, 0.3) is 0 Å². The molecular formula is C34H49N5O7S. The topological polar surface area (TPSA) is 168 Å². The minimum absolute atomic E-state index is 0.0576. The summed E-state index contributed by atoms with van der Waals surface area (Å²) in [7, 11) is -0.914. The molecule has 13 heteroatoms. The van der Waals surface area contributed by atoms with Gasteiger partial charge in [0.05, 0.1) is 22.8 Å². The third-order valence-electron chi connectivity index (χ3n) is 8.17. The van der Waals surface area contributed by atoms with Crippen LogP contribution < -0.4 is 15.4 Å². The lowest BCUT2D eigenvalue weighted by molar-refractivity contribution is -0.384. The highest BCUT2D eigenvalue weighted by molar-refractivity contribution is 7.89. The van der Waals surface area contributed by atoms with E-state index in [1.807, 2.05) is 83.5 Å². The van der Waals surface area contributed by atoms with Gasteiger partial charge < -0.3 is 15.5 Å². The zero-order valence-electron chi connectivity index (χ0n) is 29.0. The van der Waals surface area contributed by atoms with Crippen LogP contribution in [0, 0.1) is 21.4 Å². The van der Waals surface area contributed by atoms with Crippen LogP contribution >= 0.6 is 0 Å². The lowest BCUT2D eigenvalue weighted by Gasteiger charge is -2.40. The van der Waals surface area contributed by atoms with Gasteiger partial charge in [0.15, 0.2) is 0 Å². The van der Waals surface area contributed by atoms with E-state index in [1.165, 1.54) is 36.1 Å². The Labute approximate surface area is 278 Å². The Morgan fingerprint density at radius 1 is 0.979 bits per heavy atom. The third kappa shape index (κ3) is 10.4. The molecule has 0 aliphatic heterocycles. The summed E-state index contributed by atoms with van der Waals surface area (Å²) in [6.07, 6.45) is 1.53. The van der Waals surface area contributed by atoms with Crippen molar-refractivity contribution in [3.05, 3.63) is 87.5 Å². The molecule has 0 spiro atoms. The summed E-state index contributed by atoms with van der Waals surface area (Å²) in [5.74, 6) is -2.43. The average molecular weight is 672 g/mol. The maximum absolute atomic E-state index is 14.1. The molecule has 2 rings (SSSR count). The predicted molar refractivity (Wildman–Crippen MR) is 183 cm³/mol. The Hall–Kier alpha value is -4.10. The van der Waals surface area contributed by atoms with E-state index in [-0.39, 0.29) is 34.6 Å². The lowest BCUT2D eigenvalue weighted by atomic mass is 9.76. The molecule has 0 heterocycles. The summed E-state index contributed by atoms with van der Waals surface area (Å²) in [4.78, 5) is 52.7. The molecule has 0 saturated carbocycles. The molecule has 0 fully saturated rings. The standard InChI is InChI=1S/C34H49N5O7S/c1-22(2)27(19-23(3)30(40)37-47(45,46)21-24-15-14-18-26(20-24)39(43)44)38(10)32(42)29(33(4,5)6)36-31(41)28(35-9)34(7,8)25-16-12-11-13-17-25/h11-20,22,27-29,35H,21H2,1-10H3,(H,36,41)(H,37,40). The summed E-state index contributed by atoms with van der Waals surface area (Å²) in [5.41, 5.74) is -0.402. The number of non-ortho nitro benzene ring substituents is 1. The second-order valence-electron chi connectivity index (χ2n) is 13.8. The molecule has 47 heavy (non-hydrogen) atoms. The smallest absolute Gasteiger partial charge is 0.269 e. The van der Waals surface area contributed by atoms with E-state index in [0.717, 1.165) is 11.6 Å². The number of rotatable bonds is 14. The Bertz CT molecular complexity index is 1580. The van der Waals surface area contributed by atoms with Crippen molar-refractivity contribution in [2.75, 3.05) is 14.1 Å². The quantitative estimate of drug-likeness (QED) is 0.154. The number of nitro benzene ring substituents is 1. The first kappa shape index (κ1) is 39.1. The van der Waals surface area contributed by atoms with E-state index in [9.17, 15) is 32.9 Å². The van der Waals surface area contributed by atoms with Crippen molar-refractivity contribution in [1.82, 2.24) is 20.3 Å². The van der Waals surface area contributed by atoms with Gasteiger partial charge >= 0.3 is 0 Å². The molecule has 0 aliphatic rings. The highest BCUT2D eigenvalue weighted by Gasteiger charge is 2.41. The number of hydrogen-bond acceptors (Lipinski definition) is 8. The van der Waals surface area contributed by atoms with Crippen LogP contribution in [0.2, 0.25) is 0 Å². The number of nitro groups is 1. The van der Waals surface area contributed by atoms with Gasteiger partial charge in [-0.05, 0) is 36.4 Å². The zero-order chi connectivity index (χ0) is 35.9. The second-order valence-corrected chi connectivity index (χ2v) is 15.5. The summed E-state index contributed by atoms with van der Waals surface area (Å²) >= 11 is 0. The van der Waals surface area contributed by atoms with Crippen LogP contribution in [0.1, 0.15) is 66.5 Å². The number of amides is 3. The summed E-state index contributed by atoms with van der Waals surface area (Å²) in [5, 5.41) is 17.2. The van der Waals surface area contributed by atoms with E-state index in [4.69, 9.17) is 0 Å². The van der Waals surface area contributed by atoms with Gasteiger partial charge in [0.1, 0.15) is 6.04 Å². The van der Waals surface area contributed by atoms with Crippen LogP contribution in [-0.2, 0) is 35.6 Å². The number of nitrogens with one attached hydrogen (secondary N) is 3. The molecule has 258 valence electrons. The second kappa shape index (κ2) is 15.7. The summed E-state index contributed by atoms with van der Waals surface area (Å²) in [6.45, 7) is 14.6. The highest BCUT2D eigenvalue weighted by atomic mass is 32.2. The third-order valence-corrected chi connectivity index (χ3v) is 9.38. The van der Waals surface area contributed by atoms with Gasteiger partial charge in [-0.25, -0.2) is 13.1 Å². The lowest BCUT2D eigenvalue weighted by Crippen LogP contribution is -2.61. The first-order chi connectivity index (χ1) is 21.6. The molecule has 0 radical (unpaired) electrons. The molecule has 12 nitrogen and oxygen atoms in total. The molecular weight excluding hydrogens is 622 g/mol.